The molecular weight excluding hydrogens is 386 g/mol. The molecule has 0 aliphatic carbocycles. The quantitative estimate of drug-likeness (QED) is 0.282. The summed E-state index contributed by atoms with van der Waals surface area (Å²) in [6.45, 7) is 11.1. The summed E-state index contributed by atoms with van der Waals surface area (Å²) in [5, 5.41) is 3.04. The summed E-state index contributed by atoms with van der Waals surface area (Å²) in [5.41, 5.74) is 7.81. The molecule has 174 valence electrons. The molecule has 8 heteroatoms. The fourth-order valence-corrected chi connectivity index (χ4v) is 2.67. The zero-order chi connectivity index (χ0) is 21.7. The van der Waals surface area contributed by atoms with Gasteiger partial charge in [0.1, 0.15) is 0 Å². The first-order valence-electron chi connectivity index (χ1n) is 10.8. The lowest BCUT2D eigenvalue weighted by Gasteiger charge is -2.25. The summed E-state index contributed by atoms with van der Waals surface area (Å²) in [5.74, 6) is 0. The zero-order valence-corrected chi connectivity index (χ0v) is 18.8. The van der Waals surface area contributed by atoms with E-state index in [1.165, 1.54) is 11.3 Å². The lowest BCUT2D eigenvalue weighted by Crippen LogP contribution is -2.31. The smallest absolute Gasteiger partial charge is 0.0701 e. The van der Waals surface area contributed by atoms with Gasteiger partial charge in [0.25, 0.3) is 0 Å². The van der Waals surface area contributed by atoms with Crippen molar-refractivity contribution in [3.05, 3.63) is 29.8 Å². The molecule has 0 atom stereocenters. The molecule has 0 bridgehead atoms. The maximum atomic E-state index is 5.74. The van der Waals surface area contributed by atoms with Crippen molar-refractivity contribution >= 4 is 5.69 Å². The number of nitrogens with zero attached hydrogens (tertiary/aromatic N) is 1. The molecule has 1 aromatic rings. The van der Waals surface area contributed by atoms with Gasteiger partial charge in [0.15, 0.2) is 0 Å². The van der Waals surface area contributed by atoms with Gasteiger partial charge in [-0.15, -0.1) is 0 Å². The number of likely N-dealkylation sites (N-methyl/N-ethyl adjacent to an activating group) is 1. The number of ether oxygens (including phenoxy) is 5. The molecule has 0 aliphatic heterocycles. The Hall–Kier alpha value is -1.26. The van der Waals surface area contributed by atoms with Gasteiger partial charge in [0, 0.05) is 31.9 Å². The number of hydrogen-bond acceptors (Lipinski definition) is 8. The maximum Gasteiger partial charge on any atom is 0.0701 e. The molecule has 3 N–H and O–H groups in total. The number of nitrogens with one attached hydrogen (secondary N) is 1. The monoisotopic (exact) mass is 427 g/mol. The second-order valence-electron chi connectivity index (χ2n) is 6.78. The van der Waals surface area contributed by atoms with E-state index in [-0.39, 0.29) is 0 Å². The Bertz CT molecular complexity index is 507. The fourth-order valence-electron chi connectivity index (χ4n) is 2.67. The molecule has 0 fully saturated rings. The average Bonchev–Trinajstić information content (AvgIpc) is 2.75. The Morgan fingerprint density at radius 1 is 0.767 bits per heavy atom. The molecule has 0 heterocycles. The van der Waals surface area contributed by atoms with Crippen LogP contribution in [-0.4, -0.2) is 99.3 Å². The molecular formula is C22H41N3O5. The van der Waals surface area contributed by atoms with Crippen LogP contribution in [0.4, 0.5) is 5.69 Å². The Labute approximate surface area is 181 Å². The van der Waals surface area contributed by atoms with E-state index in [1.807, 2.05) is 7.05 Å². The van der Waals surface area contributed by atoms with E-state index < -0.39 is 0 Å². The second-order valence-corrected chi connectivity index (χ2v) is 6.78. The van der Waals surface area contributed by atoms with Crippen molar-refractivity contribution in [3.63, 3.8) is 0 Å². The maximum absolute atomic E-state index is 5.74. The van der Waals surface area contributed by atoms with Gasteiger partial charge in [-0.2, -0.15) is 0 Å². The molecule has 0 amide bonds. The predicted molar refractivity (Wildman–Crippen MR) is 120 cm³/mol. The Morgan fingerprint density at radius 3 is 1.83 bits per heavy atom. The minimum absolute atomic E-state index is 0.538. The number of aryl methyl sites for hydroxylation is 1. The molecule has 1 rings (SSSR count). The highest BCUT2D eigenvalue weighted by atomic mass is 16.5. The molecule has 0 aromatic heterocycles. The largest absolute Gasteiger partial charge is 0.378 e. The number of benzene rings is 1. The lowest BCUT2D eigenvalue weighted by molar-refractivity contribution is 0.0163. The minimum atomic E-state index is 0.538. The molecule has 30 heavy (non-hydrogen) atoms. The van der Waals surface area contributed by atoms with Crippen molar-refractivity contribution in [1.29, 1.82) is 0 Å². The van der Waals surface area contributed by atoms with E-state index in [1.54, 1.807) is 0 Å². The zero-order valence-electron chi connectivity index (χ0n) is 18.8. The molecule has 0 aliphatic rings. The number of rotatable bonds is 21. The summed E-state index contributed by atoms with van der Waals surface area (Å²) < 4.78 is 27.7. The van der Waals surface area contributed by atoms with Crippen molar-refractivity contribution in [3.8, 4) is 0 Å². The van der Waals surface area contributed by atoms with Crippen LogP contribution in [0.25, 0.3) is 0 Å². The van der Waals surface area contributed by atoms with Gasteiger partial charge < -0.3 is 39.6 Å². The average molecular weight is 428 g/mol. The number of anilines is 1. The summed E-state index contributed by atoms with van der Waals surface area (Å²) in [6, 6.07) is 8.48. The van der Waals surface area contributed by atoms with E-state index >= 15 is 0 Å². The van der Waals surface area contributed by atoms with Gasteiger partial charge in [-0.3, -0.25) is 0 Å². The van der Waals surface area contributed by atoms with E-state index in [2.05, 4.69) is 41.4 Å². The van der Waals surface area contributed by atoms with Crippen LogP contribution in [0.5, 0.6) is 0 Å². The molecule has 0 saturated heterocycles. The topological polar surface area (TPSA) is 87.4 Å². The summed E-state index contributed by atoms with van der Waals surface area (Å²) in [7, 11) is 1.91. The van der Waals surface area contributed by atoms with Crippen molar-refractivity contribution < 1.29 is 23.7 Å². The molecule has 0 saturated carbocycles. The van der Waals surface area contributed by atoms with E-state index in [0.717, 1.165) is 19.6 Å². The Morgan fingerprint density at radius 2 is 1.30 bits per heavy atom. The predicted octanol–water partition coefficient (Wildman–Crippen LogP) is 1.06. The van der Waals surface area contributed by atoms with Crippen molar-refractivity contribution in [1.82, 2.24) is 5.32 Å². The van der Waals surface area contributed by atoms with Gasteiger partial charge in [-0.05, 0) is 31.7 Å². The third kappa shape index (κ3) is 14.7. The van der Waals surface area contributed by atoms with Crippen LogP contribution in [0.3, 0.4) is 0 Å². The van der Waals surface area contributed by atoms with Crippen molar-refractivity contribution in [2.45, 2.75) is 6.92 Å². The molecule has 0 radical (unpaired) electrons. The van der Waals surface area contributed by atoms with E-state index in [9.17, 15) is 0 Å². The van der Waals surface area contributed by atoms with E-state index in [4.69, 9.17) is 29.4 Å². The van der Waals surface area contributed by atoms with Gasteiger partial charge in [0.05, 0.1) is 66.1 Å². The standard InChI is InChI=1S/C22H41N3O5/c1-21-4-3-5-22(20-21)25(8-12-28-16-14-26-10-6-23)9-13-29-17-19-30-18-15-27-11-7-24-2/h3-5,20,24H,6-19,23H2,1-2H3. The Balaban J connectivity index is 2.19. The van der Waals surface area contributed by atoms with E-state index in [0.29, 0.717) is 72.6 Å². The number of hydrogen-bond donors (Lipinski definition) is 2. The van der Waals surface area contributed by atoms with Crippen LogP contribution in [0.1, 0.15) is 5.56 Å². The first kappa shape index (κ1) is 26.8. The van der Waals surface area contributed by atoms with Crippen molar-refractivity contribution in [2.75, 3.05) is 104 Å². The highest BCUT2D eigenvalue weighted by Crippen LogP contribution is 2.15. The fraction of sp³-hybridized carbons (Fsp3) is 0.727. The van der Waals surface area contributed by atoms with Crippen LogP contribution < -0.4 is 16.0 Å². The third-order valence-electron chi connectivity index (χ3n) is 4.25. The van der Waals surface area contributed by atoms with Gasteiger partial charge in [-0.1, -0.05) is 12.1 Å². The second kappa shape index (κ2) is 19.7. The first-order chi connectivity index (χ1) is 14.8. The highest BCUT2D eigenvalue weighted by Gasteiger charge is 2.07. The molecule has 0 unspecified atom stereocenters. The summed E-state index contributed by atoms with van der Waals surface area (Å²) in [6.07, 6.45) is 0. The number of nitrogens with two attached hydrogens (primary N) is 1. The summed E-state index contributed by atoms with van der Waals surface area (Å²) >= 11 is 0. The molecule has 1 aromatic carbocycles. The molecule has 8 nitrogen and oxygen atoms in total. The summed E-state index contributed by atoms with van der Waals surface area (Å²) in [4.78, 5) is 2.28. The lowest BCUT2D eigenvalue weighted by atomic mass is 10.2. The van der Waals surface area contributed by atoms with Crippen LogP contribution in [0.15, 0.2) is 24.3 Å². The molecule has 0 spiro atoms. The third-order valence-corrected chi connectivity index (χ3v) is 4.25. The van der Waals surface area contributed by atoms with Crippen LogP contribution >= 0.6 is 0 Å². The normalized spacial score (nSPS) is 11.2. The van der Waals surface area contributed by atoms with Crippen LogP contribution in [0, 0.1) is 6.92 Å². The SMILES string of the molecule is CNCCOCCOCCOCCN(CCOCCOCCN)c1cccc(C)c1. The van der Waals surface area contributed by atoms with Crippen molar-refractivity contribution in [2.24, 2.45) is 5.73 Å². The van der Waals surface area contributed by atoms with Crippen LogP contribution in [-0.2, 0) is 23.7 Å². The Kier molecular flexibility index (Phi) is 17.6. The minimum Gasteiger partial charge on any atom is -0.378 e. The van der Waals surface area contributed by atoms with Gasteiger partial charge in [-0.25, -0.2) is 0 Å². The van der Waals surface area contributed by atoms with Crippen LogP contribution in [0.2, 0.25) is 0 Å². The first-order valence-corrected chi connectivity index (χ1v) is 10.8. The van der Waals surface area contributed by atoms with Gasteiger partial charge >= 0.3 is 0 Å². The highest BCUT2D eigenvalue weighted by molar-refractivity contribution is 5.48. The van der Waals surface area contributed by atoms with Gasteiger partial charge in [0.2, 0.25) is 0 Å².